The summed E-state index contributed by atoms with van der Waals surface area (Å²) in [6.07, 6.45) is 3.77. The molecule has 0 radical (unpaired) electrons. The Morgan fingerprint density at radius 2 is 1.96 bits per heavy atom. The second-order valence-corrected chi connectivity index (χ2v) is 7.81. The first kappa shape index (κ1) is 20.6. The van der Waals surface area contributed by atoms with Crippen molar-refractivity contribution in [3.63, 3.8) is 0 Å². The lowest BCUT2D eigenvalue weighted by Crippen LogP contribution is -2.47. The largest absolute Gasteiger partial charge is 0.356 e. The van der Waals surface area contributed by atoms with Crippen molar-refractivity contribution >= 4 is 11.9 Å². The van der Waals surface area contributed by atoms with Crippen LogP contribution in [0.1, 0.15) is 30.9 Å². The van der Waals surface area contributed by atoms with Gasteiger partial charge in [0.2, 0.25) is 5.91 Å². The summed E-state index contributed by atoms with van der Waals surface area (Å²) in [7, 11) is 3.48. The van der Waals surface area contributed by atoms with E-state index in [1.807, 2.05) is 6.92 Å². The van der Waals surface area contributed by atoms with Crippen LogP contribution in [0.25, 0.3) is 0 Å². The van der Waals surface area contributed by atoms with Gasteiger partial charge in [-0.1, -0.05) is 24.3 Å². The highest BCUT2D eigenvalue weighted by Crippen LogP contribution is 2.22. The average Bonchev–Trinajstić information content (AvgIpc) is 3.12. The lowest BCUT2D eigenvalue weighted by molar-refractivity contribution is -0.145. The van der Waals surface area contributed by atoms with Gasteiger partial charge in [0.05, 0.1) is 13.2 Å². The maximum absolute atomic E-state index is 12.0. The van der Waals surface area contributed by atoms with Crippen LogP contribution in [0.5, 0.6) is 0 Å². The van der Waals surface area contributed by atoms with E-state index in [0.29, 0.717) is 38.2 Å². The number of likely N-dealkylation sites (N-methyl/N-ethyl adjacent to an activating group) is 1. The van der Waals surface area contributed by atoms with E-state index in [4.69, 9.17) is 9.47 Å². The molecule has 1 aliphatic heterocycles. The number of aliphatic imine (C=N–C) groups is 1. The Bertz CT molecular complexity index is 699. The number of benzene rings is 1. The highest BCUT2D eigenvalue weighted by atomic mass is 16.7. The van der Waals surface area contributed by atoms with Crippen LogP contribution in [-0.2, 0) is 27.1 Å². The number of nitrogens with one attached hydrogen (secondary N) is 2. The van der Waals surface area contributed by atoms with E-state index in [1.54, 1.807) is 19.0 Å². The third-order valence-electron chi connectivity index (χ3n) is 5.33. The van der Waals surface area contributed by atoms with Gasteiger partial charge < -0.3 is 25.0 Å². The number of hydrogen-bond acceptors (Lipinski definition) is 4. The molecule has 7 heteroatoms. The van der Waals surface area contributed by atoms with Crippen LogP contribution in [0, 0.1) is 0 Å². The molecule has 0 spiro atoms. The molecule has 0 saturated carbocycles. The van der Waals surface area contributed by atoms with Crippen LogP contribution >= 0.6 is 0 Å². The molecule has 1 aromatic carbocycles. The maximum atomic E-state index is 12.0. The van der Waals surface area contributed by atoms with Gasteiger partial charge in [-0.3, -0.25) is 4.79 Å². The van der Waals surface area contributed by atoms with Crippen molar-refractivity contribution in [1.29, 1.82) is 0 Å². The van der Waals surface area contributed by atoms with Crippen molar-refractivity contribution < 1.29 is 14.3 Å². The number of fused-ring (bicyclic) bond motifs is 1. The molecule has 2 N–H and O–H groups in total. The van der Waals surface area contributed by atoms with E-state index in [0.717, 1.165) is 19.3 Å². The predicted octanol–water partition coefficient (Wildman–Crippen LogP) is 1.32. The van der Waals surface area contributed by atoms with Crippen LogP contribution in [0.4, 0.5) is 0 Å². The Morgan fingerprint density at radius 3 is 2.68 bits per heavy atom. The van der Waals surface area contributed by atoms with Gasteiger partial charge in [-0.05, 0) is 37.3 Å². The fourth-order valence-corrected chi connectivity index (χ4v) is 3.56. The Morgan fingerprint density at radius 1 is 1.25 bits per heavy atom. The number of carbonyl (C=O) groups excluding carboxylic acids is 1. The molecule has 0 aromatic heterocycles. The van der Waals surface area contributed by atoms with E-state index in [-0.39, 0.29) is 12.5 Å². The Labute approximate surface area is 167 Å². The van der Waals surface area contributed by atoms with E-state index in [2.05, 4.69) is 39.9 Å². The predicted molar refractivity (Wildman–Crippen MR) is 109 cm³/mol. The molecule has 3 rings (SSSR count). The summed E-state index contributed by atoms with van der Waals surface area (Å²) in [5, 5.41) is 6.86. The monoisotopic (exact) mass is 388 g/mol. The summed E-state index contributed by atoms with van der Waals surface area (Å²) < 4.78 is 11.3. The molecular weight excluding hydrogens is 356 g/mol. The van der Waals surface area contributed by atoms with E-state index in [9.17, 15) is 4.79 Å². The first-order valence-electron chi connectivity index (χ1n) is 10.0. The number of nitrogens with zero attached hydrogens (tertiary/aromatic N) is 2. The van der Waals surface area contributed by atoms with Gasteiger partial charge in [0.25, 0.3) is 0 Å². The second-order valence-electron chi connectivity index (χ2n) is 7.81. The number of aryl methyl sites for hydroxylation is 1. The summed E-state index contributed by atoms with van der Waals surface area (Å²) in [6, 6.07) is 8.88. The maximum Gasteiger partial charge on any atom is 0.243 e. The van der Waals surface area contributed by atoms with Gasteiger partial charge in [0.1, 0.15) is 6.54 Å². The van der Waals surface area contributed by atoms with Crippen molar-refractivity contribution in [3.05, 3.63) is 35.4 Å². The minimum atomic E-state index is -0.540. The van der Waals surface area contributed by atoms with Gasteiger partial charge in [-0.2, -0.15) is 0 Å². The standard InChI is InChI=1S/C21H32N4O3/c1-21(27-12-13-28-21)10-11-22-20(23-15-19(26)25(2)3)24-18-9-8-16-6-4-5-7-17(16)14-18/h4-7,18H,8-15H2,1-3H3,(H2,22,23,24). The topological polar surface area (TPSA) is 75.2 Å². The average molecular weight is 389 g/mol. The molecular formula is C21H32N4O3. The van der Waals surface area contributed by atoms with Gasteiger partial charge in [0, 0.05) is 33.1 Å². The summed E-state index contributed by atoms with van der Waals surface area (Å²) in [5.41, 5.74) is 2.81. The number of guanidine groups is 1. The lowest BCUT2D eigenvalue weighted by Gasteiger charge is -2.28. The zero-order valence-electron chi connectivity index (χ0n) is 17.2. The van der Waals surface area contributed by atoms with Crippen LogP contribution in [0.2, 0.25) is 0 Å². The van der Waals surface area contributed by atoms with Crippen LogP contribution in [-0.4, -0.2) is 69.0 Å². The fraction of sp³-hybridized carbons (Fsp3) is 0.619. The summed E-state index contributed by atoms with van der Waals surface area (Å²) in [6.45, 7) is 4.00. The smallest absolute Gasteiger partial charge is 0.243 e. The van der Waals surface area contributed by atoms with Crippen molar-refractivity contribution in [2.24, 2.45) is 4.99 Å². The normalized spacial score (nSPS) is 21.1. The number of ether oxygens (including phenoxy) is 2. The van der Waals surface area contributed by atoms with E-state index in [1.165, 1.54) is 11.1 Å². The fourth-order valence-electron chi connectivity index (χ4n) is 3.56. The first-order chi connectivity index (χ1) is 13.5. The zero-order valence-corrected chi connectivity index (χ0v) is 17.2. The van der Waals surface area contributed by atoms with Crippen LogP contribution < -0.4 is 10.6 Å². The first-order valence-corrected chi connectivity index (χ1v) is 10.0. The number of hydrogen-bond donors (Lipinski definition) is 2. The molecule has 2 aliphatic rings. The Hall–Kier alpha value is -2.12. The van der Waals surface area contributed by atoms with Crippen molar-refractivity contribution in [2.45, 2.75) is 44.4 Å². The van der Waals surface area contributed by atoms with Crippen molar-refractivity contribution in [2.75, 3.05) is 40.4 Å². The van der Waals surface area contributed by atoms with Gasteiger partial charge in [-0.15, -0.1) is 0 Å². The molecule has 1 aliphatic carbocycles. The number of carbonyl (C=O) groups is 1. The number of amides is 1. The van der Waals surface area contributed by atoms with Gasteiger partial charge in [0.15, 0.2) is 11.7 Å². The van der Waals surface area contributed by atoms with Crippen molar-refractivity contribution in [1.82, 2.24) is 15.5 Å². The third kappa shape index (κ3) is 5.69. The van der Waals surface area contributed by atoms with E-state index < -0.39 is 5.79 Å². The van der Waals surface area contributed by atoms with Gasteiger partial charge in [-0.25, -0.2) is 4.99 Å². The molecule has 154 valence electrons. The second kappa shape index (κ2) is 9.39. The molecule has 1 fully saturated rings. The summed E-state index contributed by atoms with van der Waals surface area (Å²) >= 11 is 0. The van der Waals surface area contributed by atoms with E-state index >= 15 is 0 Å². The summed E-state index contributed by atoms with van der Waals surface area (Å²) in [4.78, 5) is 18.0. The minimum Gasteiger partial charge on any atom is -0.356 e. The molecule has 1 atom stereocenters. The van der Waals surface area contributed by atoms with Crippen molar-refractivity contribution in [3.8, 4) is 0 Å². The SMILES string of the molecule is CN(C)C(=O)CN=C(NCCC1(C)OCCO1)NC1CCc2ccccc2C1. The van der Waals surface area contributed by atoms with Gasteiger partial charge >= 0.3 is 0 Å². The molecule has 7 nitrogen and oxygen atoms in total. The molecule has 28 heavy (non-hydrogen) atoms. The molecule has 1 unspecified atom stereocenters. The zero-order chi connectivity index (χ0) is 20.0. The Balaban J connectivity index is 1.59. The minimum absolute atomic E-state index is 0.0236. The molecule has 1 heterocycles. The molecule has 1 amide bonds. The lowest BCUT2D eigenvalue weighted by atomic mass is 9.88. The van der Waals surface area contributed by atoms with Crippen LogP contribution in [0.15, 0.2) is 29.3 Å². The highest BCUT2D eigenvalue weighted by molar-refractivity contribution is 5.85. The molecule has 0 bridgehead atoms. The molecule has 1 aromatic rings. The van der Waals surface area contributed by atoms with Crippen LogP contribution in [0.3, 0.4) is 0 Å². The Kier molecular flexibility index (Phi) is 6.91. The summed E-state index contributed by atoms with van der Waals surface area (Å²) in [5.74, 6) is 0.104. The third-order valence-corrected chi connectivity index (χ3v) is 5.33. The molecule has 1 saturated heterocycles. The highest BCUT2D eigenvalue weighted by Gasteiger charge is 2.30. The quantitative estimate of drug-likeness (QED) is 0.568. The number of rotatable bonds is 6.